The van der Waals surface area contributed by atoms with E-state index in [-0.39, 0.29) is 47.5 Å². The summed E-state index contributed by atoms with van der Waals surface area (Å²) >= 11 is 0. The van der Waals surface area contributed by atoms with E-state index in [0.29, 0.717) is 12.0 Å². The molecule has 0 bridgehead atoms. The van der Waals surface area contributed by atoms with Crippen LogP contribution in [0.2, 0.25) is 0 Å². The van der Waals surface area contributed by atoms with Gasteiger partial charge in [-0.1, -0.05) is 18.2 Å². The Bertz CT molecular complexity index is 1480. The lowest BCUT2D eigenvalue weighted by molar-refractivity contribution is -0.123. The number of fused-ring (bicyclic) bond motifs is 1. The lowest BCUT2D eigenvalue weighted by atomic mass is 9.95. The number of carbonyl (C=O) groups excluding carboxylic acids is 1. The van der Waals surface area contributed by atoms with Crippen LogP contribution in [0.15, 0.2) is 53.4 Å². The van der Waals surface area contributed by atoms with Crippen molar-refractivity contribution in [3.8, 4) is 11.1 Å². The highest BCUT2D eigenvalue weighted by Gasteiger charge is 2.42. The number of sulfonamides is 1. The van der Waals surface area contributed by atoms with E-state index in [0.717, 1.165) is 24.3 Å². The molecule has 6 nitrogen and oxygen atoms in total. The van der Waals surface area contributed by atoms with Crippen molar-refractivity contribution in [3.05, 3.63) is 77.4 Å². The molecule has 1 fully saturated rings. The topological polar surface area (TPSA) is 83.7 Å². The average Bonchev–Trinajstić information content (AvgIpc) is 3.07. The maximum atomic E-state index is 14.9. The van der Waals surface area contributed by atoms with Crippen LogP contribution in [0.1, 0.15) is 12.5 Å². The van der Waals surface area contributed by atoms with E-state index >= 15 is 0 Å². The van der Waals surface area contributed by atoms with E-state index < -0.39 is 44.1 Å². The van der Waals surface area contributed by atoms with Crippen molar-refractivity contribution in [1.29, 1.82) is 0 Å². The van der Waals surface area contributed by atoms with Crippen LogP contribution in [0.5, 0.6) is 0 Å². The number of carbonyl (C=O) groups is 1. The SMILES string of the molecule is CC1Cc2cc(F)c(S(N)(=O)=O)cc2N1C(=O)C1CN(c2c(F)cc(-c3ccccc3F)cc2F)C1. The molecular weight excluding hydrogens is 498 g/mol. The van der Waals surface area contributed by atoms with E-state index in [4.69, 9.17) is 5.14 Å². The third-order valence-corrected chi connectivity index (χ3v) is 7.57. The van der Waals surface area contributed by atoms with Crippen molar-refractivity contribution in [2.75, 3.05) is 22.9 Å². The summed E-state index contributed by atoms with van der Waals surface area (Å²) in [5.74, 6) is -4.35. The number of nitrogens with two attached hydrogens (primary N) is 1. The molecule has 0 spiro atoms. The molecule has 0 aliphatic carbocycles. The summed E-state index contributed by atoms with van der Waals surface area (Å²) in [4.78, 5) is 15.3. The molecule has 0 saturated carbocycles. The molecule has 0 radical (unpaired) electrons. The number of amides is 1. The summed E-state index contributed by atoms with van der Waals surface area (Å²) in [5.41, 5.74) is 0.532. The van der Waals surface area contributed by atoms with Gasteiger partial charge in [0.1, 0.15) is 33.9 Å². The normalized spacial score (nSPS) is 17.8. The van der Waals surface area contributed by atoms with Crippen LogP contribution in [0.3, 0.4) is 0 Å². The summed E-state index contributed by atoms with van der Waals surface area (Å²) in [5, 5.41) is 5.10. The molecule has 1 saturated heterocycles. The van der Waals surface area contributed by atoms with E-state index in [1.165, 1.54) is 28.0 Å². The Balaban J connectivity index is 1.37. The fourth-order valence-corrected chi connectivity index (χ4v) is 5.51. The summed E-state index contributed by atoms with van der Waals surface area (Å²) in [6.45, 7) is 1.78. The van der Waals surface area contributed by atoms with Crippen LogP contribution in [0.4, 0.5) is 28.9 Å². The van der Waals surface area contributed by atoms with Crippen LogP contribution in [-0.2, 0) is 21.2 Å². The molecule has 2 aliphatic rings. The highest BCUT2D eigenvalue weighted by molar-refractivity contribution is 7.89. The molecule has 1 amide bonds. The number of rotatable bonds is 4. The number of hydrogen-bond acceptors (Lipinski definition) is 4. The van der Waals surface area contributed by atoms with Gasteiger partial charge in [-0.25, -0.2) is 31.1 Å². The molecule has 5 rings (SSSR count). The molecule has 1 atom stereocenters. The monoisotopic (exact) mass is 519 g/mol. The number of nitrogens with zero attached hydrogens (tertiary/aromatic N) is 2. The molecule has 1 unspecified atom stereocenters. The van der Waals surface area contributed by atoms with Crippen molar-refractivity contribution in [2.24, 2.45) is 11.1 Å². The molecule has 11 heteroatoms. The van der Waals surface area contributed by atoms with Crippen LogP contribution in [0, 0.1) is 29.2 Å². The third kappa shape index (κ3) is 4.01. The Morgan fingerprint density at radius 2 is 1.58 bits per heavy atom. The number of anilines is 2. The summed E-state index contributed by atoms with van der Waals surface area (Å²) in [6.07, 6.45) is 0.320. The molecule has 2 aliphatic heterocycles. The van der Waals surface area contributed by atoms with Gasteiger partial charge in [0.15, 0.2) is 0 Å². The Hall–Kier alpha value is -3.44. The van der Waals surface area contributed by atoms with Crippen molar-refractivity contribution in [2.45, 2.75) is 24.3 Å². The molecule has 2 N–H and O–H groups in total. The maximum absolute atomic E-state index is 14.9. The fraction of sp³-hybridized carbons (Fsp3) is 0.240. The zero-order valence-corrected chi connectivity index (χ0v) is 19.8. The number of hydrogen-bond donors (Lipinski definition) is 1. The first-order valence-corrected chi connectivity index (χ1v) is 12.7. The van der Waals surface area contributed by atoms with Crippen LogP contribution in [-0.4, -0.2) is 33.5 Å². The zero-order chi connectivity index (χ0) is 25.9. The molecule has 3 aromatic carbocycles. The van der Waals surface area contributed by atoms with Gasteiger partial charge in [0, 0.05) is 30.4 Å². The highest BCUT2D eigenvalue weighted by Crippen LogP contribution is 2.39. The fourth-order valence-electron chi connectivity index (χ4n) is 4.91. The number of benzene rings is 3. The first-order chi connectivity index (χ1) is 17.0. The number of halogens is 4. The van der Waals surface area contributed by atoms with Crippen LogP contribution >= 0.6 is 0 Å². The van der Waals surface area contributed by atoms with E-state index in [2.05, 4.69) is 0 Å². The Labute approximate surface area is 205 Å². The van der Waals surface area contributed by atoms with Crippen molar-refractivity contribution in [3.63, 3.8) is 0 Å². The molecule has 2 heterocycles. The summed E-state index contributed by atoms with van der Waals surface area (Å²) < 4.78 is 81.5. The molecular formula is C25H21F4N3O3S. The first-order valence-electron chi connectivity index (χ1n) is 11.1. The van der Waals surface area contributed by atoms with Gasteiger partial charge in [0.05, 0.1) is 5.92 Å². The number of primary sulfonamides is 1. The maximum Gasteiger partial charge on any atom is 0.241 e. The van der Waals surface area contributed by atoms with Crippen molar-refractivity contribution in [1.82, 2.24) is 0 Å². The van der Waals surface area contributed by atoms with Crippen LogP contribution < -0.4 is 14.9 Å². The van der Waals surface area contributed by atoms with E-state index in [1.807, 2.05) is 0 Å². The van der Waals surface area contributed by atoms with Gasteiger partial charge >= 0.3 is 0 Å². The lowest BCUT2D eigenvalue weighted by Crippen LogP contribution is -2.56. The largest absolute Gasteiger partial charge is 0.365 e. The second-order valence-electron chi connectivity index (χ2n) is 9.09. The molecule has 0 aromatic heterocycles. The Morgan fingerprint density at radius 3 is 2.19 bits per heavy atom. The molecule has 36 heavy (non-hydrogen) atoms. The second-order valence-corrected chi connectivity index (χ2v) is 10.6. The van der Waals surface area contributed by atoms with Gasteiger partial charge in [-0.05, 0) is 54.8 Å². The lowest BCUT2D eigenvalue weighted by Gasteiger charge is -2.42. The van der Waals surface area contributed by atoms with Gasteiger partial charge in [0.25, 0.3) is 0 Å². The first kappa shape index (κ1) is 24.3. The summed E-state index contributed by atoms with van der Waals surface area (Å²) in [7, 11) is -4.34. The predicted octanol–water partition coefficient (Wildman–Crippen LogP) is 3.97. The van der Waals surface area contributed by atoms with Crippen molar-refractivity contribution >= 4 is 27.3 Å². The highest BCUT2D eigenvalue weighted by atomic mass is 32.2. The standard InChI is InChI=1S/C25H21F4N3O3S/c1-13-6-15-9-19(27)23(36(30,34)35)10-22(15)32(13)25(33)16-11-31(12-16)24-20(28)7-14(8-21(24)29)17-4-2-3-5-18(17)26/h2-5,7-10,13,16H,6,11-12H2,1H3,(H2,30,34,35). The quantitative estimate of drug-likeness (QED) is 0.529. The smallest absolute Gasteiger partial charge is 0.241 e. The Kier molecular flexibility index (Phi) is 5.79. The average molecular weight is 520 g/mol. The van der Waals surface area contributed by atoms with Gasteiger partial charge in [0.2, 0.25) is 15.9 Å². The van der Waals surface area contributed by atoms with E-state index in [1.54, 1.807) is 13.0 Å². The Morgan fingerprint density at radius 1 is 0.944 bits per heavy atom. The summed E-state index contributed by atoms with van der Waals surface area (Å²) in [6, 6.07) is 9.50. The zero-order valence-electron chi connectivity index (χ0n) is 19.0. The van der Waals surface area contributed by atoms with Crippen LogP contribution in [0.25, 0.3) is 11.1 Å². The second kappa shape index (κ2) is 8.59. The molecule has 188 valence electrons. The van der Waals surface area contributed by atoms with Gasteiger partial charge in [-0.3, -0.25) is 4.79 Å². The van der Waals surface area contributed by atoms with E-state index in [9.17, 15) is 30.8 Å². The van der Waals surface area contributed by atoms with Gasteiger partial charge in [-0.15, -0.1) is 0 Å². The molecule has 3 aromatic rings. The van der Waals surface area contributed by atoms with Crippen molar-refractivity contribution < 1.29 is 30.8 Å². The minimum absolute atomic E-state index is 0.0213. The third-order valence-electron chi connectivity index (χ3n) is 6.64. The minimum atomic E-state index is -4.34. The van der Waals surface area contributed by atoms with Gasteiger partial charge in [-0.2, -0.15) is 0 Å². The predicted molar refractivity (Wildman–Crippen MR) is 126 cm³/mol. The minimum Gasteiger partial charge on any atom is -0.365 e. The van der Waals surface area contributed by atoms with Gasteiger partial charge < -0.3 is 9.80 Å².